The van der Waals surface area contributed by atoms with Crippen LogP contribution in [0.5, 0.6) is 23.0 Å². The number of amides is 1. The van der Waals surface area contributed by atoms with E-state index in [9.17, 15) is 4.79 Å². The highest BCUT2D eigenvalue weighted by Crippen LogP contribution is 2.27. The number of benzene rings is 3. The molecule has 0 unspecified atom stereocenters. The summed E-state index contributed by atoms with van der Waals surface area (Å²) in [4.78, 5) is 12.1. The molecule has 1 amide bonds. The van der Waals surface area contributed by atoms with E-state index in [0.29, 0.717) is 23.8 Å². The summed E-state index contributed by atoms with van der Waals surface area (Å²) in [5.41, 5.74) is 0.906. The molecule has 0 bridgehead atoms. The van der Waals surface area contributed by atoms with Gasteiger partial charge in [-0.05, 0) is 52.7 Å². The zero-order valence-electron chi connectivity index (χ0n) is 16.2. The van der Waals surface area contributed by atoms with E-state index in [0.717, 1.165) is 22.1 Å². The standard InChI is InChI=1S/C22H23NO5/c1-25-18-7-5-16-6-8-19(12-17(16)11-18)28-14-22(24)23-13-15-4-9-20(26-2)21(10-15)27-3/h4-12H,13-14H2,1-3H3,(H,23,24). The van der Waals surface area contributed by atoms with E-state index in [2.05, 4.69) is 5.32 Å². The van der Waals surface area contributed by atoms with E-state index in [1.54, 1.807) is 27.4 Å². The predicted molar refractivity (Wildman–Crippen MR) is 107 cm³/mol. The van der Waals surface area contributed by atoms with Gasteiger partial charge < -0.3 is 24.3 Å². The summed E-state index contributed by atoms with van der Waals surface area (Å²) in [6.45, 7) is 0.306. The van der Waals surface area contributed by atoms with Crippen molar-refractivity contribution in [2.75, 3.05) is 27.9 Å². The zero-order valence-corrected chi connectivity index (χ0v) is 16.2. The van der Waals surface area contributed by atoms with Gasteiger partial charge in [0.1, 0.15) is 11.5 Å². The molecule has 3 aromatic rings. The summed E-state index contributed by atoms with van der Waals surface area (Å²) in [5.74, 6) is 2.46. The van der Waals surface area contributed by atoms with Crippen molar-refractivity contribution in [2.45, 2.75) is 6.54 Å². The van der Waals surface area contributed by atoms with Gasteiger partial charge in [-0.25, -0.2) is 0 Å². The first-order valence-corrected chi connectivity index (χ1v) is 8.81. The van der Waals surface area contributed by atoms with Crippen molar-refractivity contribution in [2.24, 2.45) is 0 Å². The van der Waals surface area contributed by atoms with Gasteiger partial charge in [0.15, 0.2) is 18.1 Å². The van der Waals surface area contributed by atoms with Crippen molar-refractivity contribution in [3.05, 3.63) is 60.2 Å². The Kier molecular flexibility index (Phi) is 6.22. The zero-order chi connectivity index (χ0) is 19.9. The molecular weight excluding hydrogens is 358 g/mol. The minimum absolute atomic E-state index is 0.0667. The quantitative estimate of drug-likeness (QED) is 0.646. The van der Waals surface area contributed by atoms with Crippen LogP contribution in [0.4, 0.5) is 0 Å². The molecule has 146 valence electrons. The molecule has 0 atom stereocenters. The maximum Gasteiger partial charge on any atom is 0.258 e. The fourth-order valence-electron chi connectivity index (χ4n) is 2.81. The van der Waals surface area contributed by atoms with Crippen LogP contribution in [0, 0.1) is 0 Å². The molecule has 6 nitrogen and oxygen atoms in total. The summed E-state index contributed by atoms with van der Waals surface area (Å²) in [6.07, 6.45) is 0. The minimum Gasteiger partial charge on any atom is -0.497 e. The fraction of sp³-hybridized carbons (Fsp3) is 0.227. The van der Waals surface area contributed by atoms with E-state index in [-0.39, 0.29) is 12.5 Å². The first-order valence-electron chi connectivity index (χ1n) is 8.81. The van der Waals surface area contributed by atoms with E-state index in [1.165, 1.54) is 0 Å². The van der Waals surface area contributed by atoms with E-state index in [1.807, 2.05) is 48.5 Å². The average Bonchev–Trinajstić information content (AvgIpc) is 2.75. The molecule has 0 saturated carbocycles. The number of fused-ring (bicyclic) bond motifs is 1. The molecule has 6 heteroatoms. The summed E-state index contributed by atoms with van der Waals surface area (Å²) in [6, 6.07) is 17.0. The maximum atomic E-state index is 12.1. The van der Waals surface area contributed by atoms with E-state index < -0.39 is 0 Å². The van der Waals surface area contributed by atoms with Gasteiger partial charge in [-0.15, -0.1) is 0 Å². The molecule has 0 aliphatic heterocycles. The van der Waals surface area contributed by atoms with Gasteiger partial charge in [0.05, 0.1) is 21.3 Å². The van der Waals surface area contributed by atoms with Gasteiger partial charge in [-0.3, -0.25) is 4.79 Å². The number of methoxy groups -OCH3 is 3. The monoisotopic (exact) mass is 381 g/mol. The number of nitrogens with one attached hydrogen (secondary N) is 1. The minimum atomic E-state index is -0.208. The molecule has 0 aliphatic carbocycles. The summed E-state index contributed by atoms with van der Waals surface area (Å²) in [7, 11) is 4.79. The van der Waals surface area contributed by atoms with Crippen molar-refractivity contribution in [3.8, 4) is 23.0 Å². The van der Waals surface area contributed by atoms with E-state index >= 15 is 0 Å². The van der Waals surface area contributed by atoms with Crippen LogP contribution in [-0.4, -0.2) is 33.8 Å². The van der Waals surface area contributed by atoms with Gasteiger partial charge >= 0.3 is 0 Å². The third-order valence-corrected chi connectivity index (χ3v) is 4.33. The second-order valence-electron chi connectivity index (χ2n) is 6.13. The lowest BCUT2D eigenvalue weighted by atomic mass is 10.1. The smallest absolute Gasteiger partial charge is 0.258 e. The largest absolute Gasteiger partial charge is 0.497 e. The molecule has 0 radical (unpaired) electrons. The Balaban J connectivity index is 1.56. The summed E-state index contributed by atoms with van der Waals surface area (Å²) < 4.78 is 21.3. The topological polar surface area (TPSA) is 66.0 Å². The van der Waals surface area contributed by atoms with Gasteiger partial charge in [0, 0.05) is 6.54 Å². The molecule has 28 heavy (non-hydrogen) atoms. The lowest BCUT2D eigenvalue weighted by Crippen LogP contribution is -2.28. The molecule has 0 saturated heterocycles. The third kappa shape index (κ3) is 4.65. The second kappa shape index (κ2) is 8.99. The Morgan fingerprint density at radius 1 is 0.786 bits per heavy atom. The number of hydrogen-bond acceptors (Lipinski definition) is 5. The van der Waals surface area contributed by atoms with Crippen LogP contribution >= 0.6 is 0 Å². The number of hydrogen-bond donors (Lipinski definition) is 1. The van der Waals surface area contributed by atoms with E-state index in [4.69, 9.17) is 18.9 Å². The lowest BCUT2D eigenvalue weighted by Gasteiger charge is -2.11. The molecule has 0 spiro atoms. The number of ether oxygens (including phenoxy) is 4. The molecule has 0 aliphatic rings. The van der Waals surface area contributed by atoms with Gasteiger partial charge in [-0.1, -0.05) is 18.2 Å². The average molecular weight is 381 g/mol. The van der Waals surface area contributed by atoms with Crippen LogP contribution in [0.2, 0.25) is 0 Å². The lowest BCUT2D eigenvalue weighted by molar-refractivity contribution is -0.123. The Hall–Kier alpha value is -3.41. The van der Waals surface area contributed by atoms with Crippen molar-refractivity contribution >= 4 is 16.7 Å². The highest BCUT2D eigenvalue weighted by Gasteiger charge is 2.07. The van der Waals surface area contributed by atoms with Gasteiger partial charge in [0.2, 0.25) is 0 Å². The molecule has 0 heterocycles. The Bertz CT molecular complexity index is 970. The van der Waals surface area contributed by atoms with Crippen LogP contribution in [0.1, 0.15) is 5.56 Å². The molecule has 0 aromatic heterocycles. The number of rotatable bonds is 8. The van der Waals surface area contributed by atoms with Gasteiger partial charge in [0.25, 0.3) is 5.91 Å². The number of carbonyl (C=O) groups excluding carboxylic acids is 1. The highest BCUT2D eigenvalue weighted by atomic mass is 16.5. The van der Waals surface area contributed by atoms with Crippen LogP contribution in [0.25, 0.3) is 10.8 Å². The van der Waals surface area contributed by atoms with Crippen LogP contribution in [0.15, 0.2) is 54.6 Å². The second-order valence-corrected chi connectivity index (χ2v) is 6.13. The highest BCUT2D eigenvalue weighted by molar-refractivity contribution is 5.85. The van der Waals surface area contributed by atoms with Crippen LogP contribution < -0.4 is 24.3 Å². The number of carbonyl (C=O) groups is 1. The first kappa shape index (κ1) is 19.4. The first-order chi connectivity index (χ1) is 13.6. The fourth-order valence-corrected chi connectivity index (χ4v) is 2.81. The van der Waals surface area contributed by atoms with Crippen LogP contribution in [0.3, 0.4) is 0 Å². The molecule has 1 N–H and O–H groups in total. The Labute approximate surface area is 164 Å². The molecular formula is C22H23NO5. The SMILES string of the molecule is COc1ccc2ccc(OCC(=O)NCc3ccc(OC)c(OC)c3)cc2c1. The van der Waals surface area contributed by atoms with Crippen molar-refractivity contribution in [1.29, 1.82) is 0 Å². The van der Waals surface area contributed by atoms with Crippen molar-refractivity contribution in [1.82, 2.24) is 5.32 Å². The molecule has 0 fully saturated rings. The van der Waals surface area contributed by atoms with Gasteiger partial charge in [-0.2, -0.15) is 0 Å². The molecule has 3 rings (SSSR count). The van der Waals surface area contributed by atoms with Crippen LogP contribution in [-0.2, 0) is 11.3 Å². The molecule has 3 aromatic carbocycles. The summed E-state index contributed by atoms with van der Waals surface area (Å²) >= 11 is 0. The Morgan fingerprint density at radius 3 is 2.21 bits per heavy atom. The van der Waals surface area contributed by atoms with Crippen molar-refractivity contribution < 1.29 is 23.7 Å². The third-order valence-electron chi connectivity index (χ3n) is 4.33. The predicted octanol–water partition coefficient (Wildman–Crippen LogP) is 3.56. The normalized spacial score (nSPS) is 10.4. The maximum absolute atomic E-state index is 12.1. The Morgan fingerprint density at radius 2 is 1.50 bits per heavy atom. The summed E-state index contributed by atoms with van der Waals surface area (Å²) in [5, 5.41) is 4.90. The van der Waals surface area contributed by atoms with Crippen molar-refractivity contribution in [3.63, 3.8) is 0 Å².